The number of nitro benzene ring substituents is 1. The molecule has 0 radical (unpaired) electrons. The minimum absolute atomic E-state index is 0.113. The molecule has 9 heteroatoms. The van der Waals surface area contributed by atoms with E-state index in [2.05, 4.69) is 4.98 Å². The topological polar surface area (TPSA) is 79.2 Å². The summed E-state index contributed by atoms with van der Waals surface area (Å²) in [5, 5.41) is 21.9. The van der Waals surface area contributed by atoms with Crippen LogP contribution in [0, 0.1) is 17.0 Å². The van der Waals surface area contributed by atoms with Crippen LogP contribution < -0.4 is 0 Å². The number of nitrogens with one attached hydrogen (secondary N) is 1. The number of aliphatic hydroxyl groups is 1. The molecule has 0 saturated carbocycles. The SMILES string of the molecule is CCSCC(C)(O)c1[nH]c2cc(C(F)(F)F)c([N+](=O)[O-])cc2c1C. The minimum atomic E-state index is -4.84. The second-order valence-corrected chi connectivity index (χ2v) is 6.98. The highest BCUT2D eigenvalue weighted by Crippen LogP contribution is 2.41. The third kappa shape index (κ3) is 3.36. The molecule has 1 heterocycles. The van der Waals surface area contributed by atoms with Gasteiger partial charge in [0, 0.05) is 22.7 Å². The molecule has 0 spiro atoms. The Morgan fingerprint density at radius 2 is 2.00 bits per heavy atom. The van der Waals surface area contributed by atoms with Crippen LogP contribution in [-0.4, -0.2) is 26.5 Å². The fourth-order valence-electron chi connectivity index (χ4n) is 2.65. The van der Waals surface area contributed by atoms with E-state index in [0.717, 1.165) is 17.9 Å². The fourth-order valence-corrected chi connectivity index (χ4v) is 3.40. The number of halogens is 3. The number of nitrogens with zero attached hydrogens (tertiary/aromatic N) is 1. The van der Waals surface area contributed by atoms with Crippen LogP contribution in [0.15, 0.2) is 12.1 Å². The van der Waals surface area contributed by atoms with Crippen molar-refractivity contribution < 1.29 is 23.2 Å². The van der Waals surface area contributed by atoms with Crippen molar-refractivity contribution in [2.24, 2.45) is 0 Å². The number of fused-ring (bicyclic) bond motifs is 1. The minimum Gasteiger partial charge on any atom is -0.383 e. The molecular weight excluding hydrogens is 345 g/mol. The zero-order valence-corrected chi connectivity index (χ0v) is 14.1. The maximum Gasteiger partial charge on any atom is 0.423 e. The largest absolute Gasteiger partial charge is 0.423 e. The first kappa shape index (κ1) is 18.6. The molecule has 24 heavy (non-hydrogen) atoms. The highest BCUT2D eigenvalue weighted by molar-refractivity contribution is 7.99. The maximum absolute atomic E-state index is 13.1. The summed E-state index contributed by atoms with van der Waals surface area (Å²) >= 11 is 1.49. The van der Waals surface area contributed by atoms with Crippen molar-refractivity contribution in [3.05, 3.63) is 39.1 Å². The Kier molecular flexibility index (Phi) is 4.87. The van der Waals surface area contributed by atoms with Crippen molar-refractivity contribution in [3.63, 3.8) is 0 Å². The van der Waals surface area contributed by atoms with Crippen molar-refractivity contribution in [1.29, 1.82) is 0 Å². The summed E-state index contributed by atoms with van der Waals surface area (Å²) in [4.78, 5) is 12.8. The highest BCUT2D eigenvalue weighted by Gasteiger charge is 2.39. The van der Waals surface area contributed by atoms with E-state index in [1.807, 2.05) is 6.92 Å². The van der Waals surface area contributed by atoms with Crippen LogP contribution in [0.4, 0.5) is 18.9 Å². The number of aryl methyl sites for hydroxylation is 1. The Hall–Kier alpha value is -1.74. The van der Waals surface area contributed by atoms with Gasteiger partial charge in [-0.2, -0.15) is 24.9 Å². The van der Waals surface area contributed by atoms with Gasteiger partial charge in [-0.25, -0.2) is 0 Å². The van der Waals surface area contributed by atoms with Gasteiger partial charge in [0.1, 0.15) is 11.2 Å². The second-order valence-electron chi connectivity index (χ2n) is 5.71. The first-order valence-electron chi connectivity index (χ1n) is 7.17. The van der Waals surface area contributed by atoms with Gasteiger partial charge >= 0.3 is 6.18 Å². The number of thioether (sulfide) groups is 1. The van der Waals surface area contributed by atoms with Gasteiger partial charge in [-0.1, -0.05) is 6.92 Å². The van der Waals surface area contributed by atoms with Gasteiger partial charge in [0.15, 0.2) is 0 Å². The van der Waals surface area contributed by atoms with Gasteiger partial charge in [0.05, 0.1) is 10.6 Å². The first-order valence-corrected chi connectivity index (χ1v) is 8.33. The summed E-state index contributed by atoms with van der Waals surface area (Å²) < 4.78 is 39.2. The predicted molar refractivity (Wildman–Crippen MR) is 87.3 cm³/mol. The lowest BCUT2D eigenvalue weighted by Crippen LogP contribution is -2.26. The number of benzene rings is 1. The molecule has 2 aromatic rings. The van der Waals surface area contributed by atoms with Crippen LogP contribution in [0.25, 0.3) is 10.9 Å². The number of rotatable bonds is 5. The number of alkyl halides is 3. The van der Waals surface area contributed by atoms with Crippen LogP contribution in [-0.2, 0) is 11.8 Å². The van der Waals surface area contributed by atoms with E-state index in [4.69, 9.17) is 0 Å². The van der Waals surface area contributed by atoms with Crippen LogP contribution in [0.3, 0.4) is 0 Å². The standard InChI is InChI=1S/C15H17F3N2O3S/c1-4-24-7-14(3,21)13-8(2)9-5-12(20(22)23)10(15(16,17)18)6-11(9)19-13/h5-6,19,21H,4,7H2,1-3H3. The maximum atomic E-state index is 13.1. The van der Waals surface area contributed by atoms with E-state index in [1.54, 1.807) is 13.8 Å². The molecule has 1 aromatic carbocycles. The Morgan fingerprint density at radius 1 is 1.38 bits per heavy atom. The number of aromatic amines is 1. The van der Waals surface area contributed by atoms with Gasteiger partial charge in [-0.15, -0.1) is 0 Å². The zero-order valence-electron chi connectivity index (χ0n) is 13.3. The quantitative estimate of drug-likeness (QED) is 0.612. The molecule has 1 atom stereocenters. The molecule has 0 aliphatic heterocycles. The molecule has 0 amide bonds. The molecule has 2 rings (SSSR count). The van der Waals surface area contributed by atoms with Crippen molar-refractivity contribution in [3.8, 4) is 0 Å². The third-order valence-corrected chi connectivity index (χ3v) is 4.98. The zero-order chi connectivity index (χ0) is 18.3. The van der Waals surface area contributed by atoms with E-state index in [0.29, 0.717) is 22.4 Å². The third-order valence-electron chi connectivity index (χ3n) is 3.80. The Balaban J connectivity index is 2.69. The van der Waals surface area contributed by atoms with Crippen LogP contribution in [0.1, 0.15) is 30.7 Å². The number of H-pyrrole nitrogens is 1. The number of hydrogen-bond acceptors (Lipinski definition) is 4. The lowest BCUT2D eigenvalue weighted by Gasteiger charge is -2.22. The predicted octanol–water partition coefficient (Wildman–Crippen LogP) is 4.36. The molecule has 0 fully saturated rings. The summed E-state index contributed by atoms with van der Waals surface area (Å²) in [5.41, 5.74) is -2.60. The molecule has 0 aliphatic rings. The van der Waals surface area contributed by atoms with Gasteiger partial charge in [-0.3, -0.25) is 10.1 Å². The lowest BCUT2D eigenvalue weighted by atomic mass is 9.99. The van der Waals surface area contributed by atoms with E-state index in [1.165, 1.54) is 11.8 Å². The molecule has 132 valence electrons. The molecule has 2 N–H and O–H groups in total. The molecule has 0 aliphatic carbocycles. The van der Waals surface area contributed by atoms with Crippen molar-refractivity contribution in [2.75, 3.05) is 11.5 Å². The van der Waals surface area contributed by atoms with E-state index in [-0.39, 0.29) is 5.52 Å². The first-order chi connectivity index (χ1) is 11.0. The number of nitro groups is 1. The average molecular weight is 362 g/mol. The number of aromatic nitrogens is 1. The van der Waals surface area contributed by atoms with Crippen LogP contribution in [0.5, 0.6) is 0 Å². The normalized spacial score (nSPS) is 14.8. The van der Waals surface area contributed by atoms with Gasteiger partial charge < -0.3 is 10.1 Å². The second kappa shape index (κ2) is 6.29. The highest BCUT2D eigenvalue weighted by atomic mass is 32.2. The fraction of sp³-hybridized carbons (Fsp3) is 0.467. The van der Waals surface area contributed by atoms with Crippen LogP contribution in [0.2, 0.25) is 0 Å². The molecule has 1 aromatic heterocycles. The van der Waals surface area contributed by atoms with Gasteiger partial charge in [-0.05, 0) is 31.2 Å². The van der Waals surface area contributed by atoms with E-state index in [9.17, 15) is 28.4 Å². The van der Waals surface area contributed by atoms with E-state index >= 15 is 0 Å². The Morgan fingerprint density at radius 3 is 2.50 bits per heavy atom. The van der Waals surface area contributed by atoms with Crippen molar-refractivity contribution in [1.82, 2.24) is 4.98 Å². The monoisotopic (exact) mass is 362 g/mol. The summed E-state index contributed by atoms with van der Waals surface area (Å²) in [6, 6.07) is 1.64. The van der Waals surface area contributed by atoms with Gasteiger partial charge in [0.2, 0.25) is 0 Å². The van der Waals surface area contributed by atoms with Crippen LogP contribution >= 0.6 is 11.8 Å². The summed E-state index contributed by atoms with van der Waals surface area (Å²) in [5.74, 6) is 1.13. The summed E-state index contributed by atoms with van der Waals surface area (Å²) in [6.07, 6.45) is -4.84. The Labute approximate surface area is 140 Å². The molecule has 1 unspecified atom stereocenters. The van der Waals surface area contributed by atoms with E-state index < -0.39 is 28.0 Å². The molecule has 5 nitrogen and oxygen atoms in total. The van der Waals surface area contributed by atoms with Crippen molar-refractivity contribution >= 4 is 28.4 Å². The lowest BCUT2D eigenvalue weighted by molar-refractivity contribution is -0.387. The summed E-state index contributed by atoms with van der Waals surface area (Å²) in [6.45, 7) is 5.11. The molecule has 0 saturated heterocycles. The smallest absolute Gasteiger partial charge is 0.383 e. The number of hydrogen-bond donors (Lipinski definition) is 2. The molecule has 0 bridgehead atoms. The molecular formula is C15H17F3N2O3S. The average Bonchev–Trinajstić information content (AvgIpc) is 2.80. The van der Waals surface area contributed by atoms with Crippen molar-refractivity contribution in [2.45, 2.75) is 32.5 Å². The Bertz CT molecular complexity index is 784. The summed E-state index contributed by atoms with van der Waals surface area (Å²) in [7, 11) is 0. The van der Waals surface area contributed by atoms with Gasteiger partial charge in [0.25, 0.3) is 5.69 Å².